The number of carbonyl (C=O) groups is 2. The second kappa shape index (κ2) is 7.16. The molecular formula is C19H15NO6S. The molecule has 4 rings (SSSR count). The Bertz CT molecular complexity index is 992. The van der Waals surface area contributed by atoms with E-state index in [2.05, 4.69) is 5.32 Å². The van der Waals surface area contributed by atoms with E-state index in [-0.39, 0.29) is 19.2 Å². The van der Waals surface area contributed by atoms with E-state index in [1.807, 2.05) is 18.2 Å². The summed E-state index contributed by atoms with van der Waals surface area (Å²) in [6, 6.07) is 10.4. The molecule has 7 nitrogen and oxygen atoms in total. The summed E-state index contributed by atoms with van der Waals surface area (Å²) >= 11 is 1.23. The average Bonchev–Trinajstić information content (AvgIpc) is 3.41. The number of hydrogen-bond donors (Lipinski definition) is 1. The van der Waals surface area contributed by atoms with Crippen molar-refractivity contribution < 1.29 is 28.2 Å². The summed E-state index contributed by atoms with van der Waals surface area (Å²) in [4.78, 5) is 25.7. The number of carbonyl (C=O) groups excluding carboxylic acids is 2. The maximum absolute atomic E-state index is 12.3. The zero-order valence-electron chi connectivity index (χ0n) is 14.3. The summed E-state index contributed by atoms with van der Waals surface area (Å²) in [7, 11) is 0. The third kappa shape index (κ3) is 3.39. The molecular weight excluding hydrogens is 370 g/mol. The largest absolute Gasteiger partial charge is 0.462 e. The molecule has 27 heavy (non-hydrogen) atoms. The van der Waals surface area contributed by atoms with Crippen LogP contribution < -0.4 is 14.8 Å². The van der Waals surface area contributed by atoms with E-state index in [1.165, 1.54) is 17.6 Å². The van der Waals surface area contributed by atoms with Gasteiger partial charge in [0, 0.05) is 4.88 Å². The third-order valence-electron chi connectivity index (χ3n) is 3.84. The number of furan rings is 1. The van der Waals surface area contributed by atoms with Gasteiger partial charge in [0.15, 0.2) is 17.3 Å². The van der Waals surface area contributed by atoms with Gasteiger partial charge in [-0.25, -0.2) is 4.79 Å². The van der Waals surface area contributed by atoms with Crippen molar-refractivity contribution in [2.45, 2.75) is 6.92 Å². The Balaban J connectivity index is 1.69. The highest BCUT2D eigenvalue weighted by Gasteiger charge is 2.22. The highest BCUT2D eigenvalue weighted by Crippen LogP contribution is 2.40. The van der Waals surface area contributed by atoms with Crippen molar-refractivity contribution in [1.29, 1.82) is 0 Å². The van der Waals surface area contributed by atoms with E-state index in [0.29, 0.717) is 22.1 Å². The summed E-state index contributed by atoms with van der Waals surface area (Å²) in [5.41, 5.74) is 1.21. The number of thiophene rings is 1. The number of rotatable bonds is 5. The summed E-state index contributed by atoms with van der Waals surface area (Å²) in [5, 5.41) is 2.72. The number of nitrogens with one attached hydrogen (secondary N) is 1. The smallest absolute Gasteiger partial charge is 0.350 e. The van der Waals surface area contributed by atoms with Crippen LogP contribution in [0.1, 0.15) is 27.2 Å². The van der Waals surface area contributed by atoms with Crippen LogP contribution in [0, 0.1) is 0 Å². The van der Waals surface area contributed by atoms with Crippen molar-refractivity contribution in [3.05, 3.63) is 53.3 Å². The number of esters is 1. The lowest BCUT2D eigenvalue weighted by atomic mass is 10.1. The van der Waals surface area contributed by atoms with Gasteiger partial charge in [-0.1, -0.05) is 0 Å². The fourth-order valence-corrected chi connectivity index (χ4v) is 3.62. The monoisotopic (exact) mass is 385 g/mol. The van der Waals surface area contributed by atoms with E-state index in [4.69, 9.17) is 18.6 Å². The number of benzene rings is 1. The Labute approximate surface area is 158 Å². The van der Waals surface area contributed by atoms with E-state index in [9.17, 15) is 9.59 Å². The molecule has 1 aliphatic heterocycles. The standard InChI is InChI=1S/C19H15NO6S/c1-2-23-19(22)17-12(20-18(21)14-4-3-7-24-14)9-16(27-17)11-5-6-13-15(8-11)26-10-25-13/h3-9H,2,10H2,1H3,(H,20,21). The van der Waals surface area contributed by atoms with Gasteiger partial charge in [0.05, 0.1) is 18.6 Å². The summed E-state index contributed by atoms with van der Waals surface area (Å²) in [5.74, 6) is 0.525. The van der Waals surface area contributed by atoms with Crippen molar-refractivity contribution in [2.75, 3.05) is 18.7 Å². The molecule has 2 aromatic heterocycles. The molecule has 1 aliphatic rings. The van der Waals surface area contributed by atoms with E-state index < -0.39 is 11.9 Å². The van der Waals surface area contributed by atoms with Gasteiger partial charge in [-0.15, -0.1) is 11.3 Å². The summed E-state index contributed by atoms with van der Waals surface area (Å²) in [6.45, 7) is 2.15. The lowest BCUT2D eigenvalue weighted by Crippen LogP contribution is -2.13. The van der Waals surface area contributed by atoms with Crippen LogP contribution in [-0.4, -0.2) is 25.3 Å². The first-order valence-electron chi connectivity index (χ1n) is 8.21. The Morgan fingerprint density at radius 1 is 1.19 bits per heavy atom. The Kier molecular flexibility index (Phi) is 4.55. The Hall–Kier alpha value is -3.26. The number of amides is 1. The predicted octanol–water partition coefficient (Wildman–Crippen LogP) is 4.17. The molecule has 0 atom stereocenters. The lowest BCUT2D eigenvalue weighted by Gasteiger charge is -2.04. The summed E-state index contributed by atoms with van der Waals surface area (Å²) < 4.78 is 20.9. The normalized spacial score (nSPS) is 12.0. The zero-order chi connectivity index (χ0) is 18.8. The van der Waals surface area contributed by atoms with Crippen LogP contribution in [0.2, 0.25) is 0 Å². The molecule has 0 saturated carbocycles. The molecule has 0 unspecified atom stereocenters. The van der Waals surface area contributed by atoms with Crippen LogP contribution in [0.25, 0.3) is 10.4 Å². The molecule has 0 bridgehead atoms. The highest BCUT2D eigenvalue weighted by molar-refractivity contribution is 7.18. The highest BCUT2D eigenvalue weighted by atomic mass is 32.1. The first kappa shape index (κ1) is 17.2. The maximum atomic E-state index is 12.3. The quantitative estimate of drug-likeness (QED) is 0.664. The van der Waals surface area contributed by atoms with Crippen molar-refractivity contribution in [3.8, 4) is 21.9 Å². The SMILES string of the molecule is CCOC(=O)c1sc(-c2ccc3c(c2)OCO3)cc1NC(=O)c1ccco1. The minimum absolute atomic E-state index is 0.153. The van der Waals surface area contributed by atoms with Crippen LogP contribution in [0.3, 0.4) is 0 Å². The van der Waals surface area contributed by atoms with Crippen molar-refractivity contribution in [3.63, 3.8) is 0 Å². The van der Waals surface area contributed by atoms with E-state index in [1.54, 1.807) is 25.1 Å². The summed E-state index contributed by atoms with van der Waals surface area (Å²) in [6.07, 6.45) is 1.41. The fraction of sp³-hybridized carbons (Fsp3) is 0.158. The molecule has 0 aliphatic carbocycles. The van der Waals surface area contributed by atoms with Crippen LogP contribution in [0.5, 0.6) is 11.5 Å². The van der Waals surface area contributed by atoms with Gasteiger partial charge in [0.25, 0.3) is 5.91 Å². The molecule has 138 valence electrons. The predicted molar refractivity (Wildman–Crippen MR) is 98.5 cm³/mol. The Morgan fingerprint density at radius 2 is 2.04 bits per heavy atom. The minimum atomic E-state index is -0.496. The molecule has 1 aromatic carbocycles. The van der Waals surface area contributed by atoms with Gasteiger partial charge in [0.1, 0.15) is 4.88 Å². The van der Waals surface area contributed by atoms with Gasteiger partial charge in [-0.2, -0.15) is 0 Å². The minimum Gasteiger partial charge on any atom is -0.462 e. The molecule has 0 saturated heterocycles. The average molecular weight is 385 g/mol. The lowest BCUT2D eigenvalue weighted by molar-refractivity contribution is 0.0533. The second-order valence-electron chi connectivity index (χ2n) is 5.57. The van der Waals surface area contributed by atoms with Crippen LogP contribution in [0.4, 0.5) is 5.69 Å². The van der Waals surface area contributed by atoms with Gasteiger partial charge in [-0.05, 0) is 48.9 Å². The van der Waals surface area contributed by atoms with Crippen molar-refractivity contribution >= 4 is 28.9 Å². The van der Waals surface area contributed by atoms with Crippen LogP contribution in [0.15, 0.2) is 47.1 Å². The van der Waals surface area contributed by atoms with E-state index >= 15 is 0 Å². The molecule has 3 heterocycles. The first-order chi connectivity index (χ1) is 13.2. The number of hydrogen-bond acceptors (Lipinski definition) is 7. The number of fused-ring (bicyclic) bond motifs is 1. The molecule has 1 N–H and O–H groups in total. The molecule has 0 spiro atoms. The fourth-order valence-electron chi connectivity index (χ4n) is 2.62. The molecule has 0 radical (unpaired) electrons. The molecule has 8 heteroatoms. The maximum Gasteiger partial charge on any atom is 0.350 e. The van der Waals surface area contributed by atoms with Gasteiger partial charge >= 0.3 is 5.97 Å². The van der Waals surface area contributed by atoms with Gasteiger partial charge in [0.2, 0.25) is 6.79 Å². The Morgan fingerprint density at radius 3 is 2.81 bits per heavy atom. The molecule has 1 amide bonds. The molecule has 0 fully saturated rings. The van der Waals surface area contributed by atoms with Crippen LogP contribution in [-0.2, 0) is 4.74 Å². The van der Waals surface area contributed by atoms with Crippen LogP contribution >= 0.6 is 11.3 Å². The van der Waals surface area contributed by atoms with Gasteiger partial charge in [-0.3, -0.25) is 4.79 Å². The number of ether oxygens (including phenoxy) is 3. The zero-order valence-corrected chi connectivity index (χ0v) is 15.1. The molecule has 3 aromatic rings. The van der Waals surface area contributed by atoms with E-state index in [0.717, 1.165) is 10.4 Å². The van der Waals surface area contributed by atoms with Gasteiger partial charge < -0.3 is 23.9 Å². The first-order valence-corrected chi connectivity index (χ1v) is 9.03. The number of anilines is 1. The second-order valence-corrected chi connectivity index (χ2v) is 6.63. The third-order valence-corrected chi connectivity index (χ3v) is 5.01. The topological polar surface area (TPSA) is 87.0 Å². The van der Waals surface area contributed by atoms with Crippen molar-refractivity contribution in [2.24, 2.45) is 0 Å². The van der Waals surface area contributed by atoms with Crippen molar-refractivity contribution in [1.82, 2.24) is 0 Å².